The van der Waals surface area contributed by atoms with E-state index in [1.165, 1.54) is 0 Å². The van der Waals surface area contributed by atoms with Crippen molar-refractivity contribution in [2.45, 2.75) is 20.8 Å². The molecule has 4 nitrogen and oxygen atoms in total. The first-order chi connectivity index (χ1) is 8.54. The van der Waals surface area contributed by atoms with Crippen LogP contribution in [0.4, 0.5) is 0 Å². The highest BCUT2D eigenvalue weighted by Gasteiger charge is 2.09. The molecule has 0 aliphatic carbocycles. The van der Waals surface area contributed by atoms with Gasteiger partial charge in [0.2, 0.25) is 0 Å². The lowest BCUT2D eigenvalue weighted by Crippen LogP contribution is -2.31. The van der Waals surface area contributed by atoms with Crippen molar-refractivity contribution in [3.8, 4) is 5.75 Å². The van der Waals surface area contributed by atoms with E-state index in [0.717, 1.165) is 11.8 Å². The van der Waals surface area contributed by atoms with Crippen LogP contribution in [0.1, 0.15) is 29.8 Å². The summed E-state index contributed by atoms with van der Waals surface area (Å²) in [6.07, 6.45) is 0.731. The Kier molecular flexibility index (Phi) is 5.36. The van der Waals surface area contributed by atoms with Crippen molar-refractivity contribution in [1.82, 2.24) is 5.32 Å². The van der Waals surface area contributed by atoms with E-state index in [2.05, 4.69) is 5.32 Å². The van der Waals surface area contributed by atoms with E-state index in [-0.39, 0.29) is 12.5 Å². The number of para-hydroxylation sites is 1. The van der Waals surface area contributed by atoms with Crippen LogP contribution in [0.2, 0.25) is 0 Å². The van der Waals surface area contributed by atoms with Gasteiger partial charge in [0.15, 0.2) is 12.9 Å². The van der Waals surface area contributed by atoms with Crippen LogP contribution < -0.4 is 10.1 Å². The molecule has 0 spiro atoms. The van der Waals surface area contributed by atoms with Gasteiger partial charge in [-0.15, -0.1) is 0 Å². The van der Waals surface area contributed by atoms with Crippen LogP contribution in [-0.4, -0.2) is 25.3 Å². The number of aryl methyl sites for hydroxylation is 1. The van der Waals surface area contributed by atoms with Crippen LogP contribution >= 0.6 is 0 Å². The van der Waals surface area contributed by atoms with Crippen molar-refractivity contribution in [3.05, 3.63) is 29.3 Å². The first kappa shape index (κ1) is 14.2. The van der Waals surface area contributed by atoms with E-state index in [9.17, 15) is 9.59 Å². The molecule has 0 saturated heterocycles. The van der Waals surface area contributed by atoms with E-state index in [1.54, 1.807) is 12.1 Å². The third-order valence-electron chi connectivity index (χ3n) is 2.42. The monoisotopic (exact) mass is 249 g/mol. The summed E-state index contributed by atoms with van der Waals surface area (Å²) in [7, 11) is 0. The summed E-state index contributed by atoms with van der Waals surface area (Å²) in [6.45, 7) is 6.43. The number of carbonyl (C=O) groups is 2. The van der Waals surface area contributed by atoms with Gasteiger partial charge in [-0.2, -0.15) is 0 Å². The summed E-state index contributed by atoms with van der Waals surface area (Å²) in [5, 5.41) is 2.76. The summed E-state index contributed by atoms with van der Waals surface area (Å²) in [6, 6.07) is 5.29. The van der Waals surface area contributed by atoms with Crippen LogP contribution in [-0.2, 0) is 4.79 Å². The number of amides is 1. The first-order valence-electron chi connectivity index (χ1n) is 5.99. The smallest absolute Gasteiger partial charge is 0.257 e. The summed E-state index contributed by atoms with van der Waals surface area (Å²) in [5.41, 5.74) is 1.31. The molecule has 0 aromatic heterocycles. The fourth-order valence-electron chi connectivity index (χ4n) is 1.47. The van der Waals surface area contributed by atoms with Crippen molar-refractivity contribution in [2.24, 2.45) is 5.92 Å². The Morgan fingerprint density at radius 3 is 2.78 bits per heavy atom. The zero-order chi connectivity index (χ0) is 13.5. The number of hydrogen-bond donors (Lipinski definition) is 1. The van der Waals surface area contributed by atoms with E-state index < -0.39 is 0 Å². The molecule has 0 unspecified atom stereocenters. The highest BCUT2D eigenvalue weighted by Crippen LogP contribution is 2.21. The normalized spacial score (nSPS) is 10.2. The number of rotatable bonds is 6. The molecule has 0 atom stereocenters. The molecule has 0 fully saturated rings. The summed E-state index contributed by atoms with van der Waals surface area (Å²) >= 11 is 0. The lowest BCUT2D eigenvalue weighted by molar-refractivity contribution is -0.123. The molecule has 1 aromatic rings. The molecule has 1 rings (SSSR count). The van der Waals surface area contributed by atoms with Crippen molar-refractivity contribution in [1.29, 1.82) is 0 Å². The molecule has 0 bridgehead atoms. The molecular weight excluding hydrogens is 230 g/mol. The summed E-state index contributed by atoms with van der Waals surface area (Å²) in [4.78, 5) is 22.4. The van der Waals surface area contributed by atoms with Crippen molar-refractivity contribution >= 4 is 12.2 Å². The zero-order valence-electron chi connectivity index (χ0n) is 11.0. The predicted octanol–water partition coefficient (Wildman–Crippen LogP) is 1.96. The van der Waals surface area contributed by atoms with Crippen LogP contribution in [0.3, 0.4) is 0 Å². The number of benzene rings is 1. The Labute approximate surface area is 107 Å². The zero-order valence-corrected chi connectivity index (χ0v) is 11.0. The highest BCUT2D eigenvalue weighted by atomic mass is 16.5. The molecule has 0 heterocycles. The lowest BCUT2D eigenvalue weighted by Gasteiger charge is -2.12. The third-order valence-corrected chi connectivity index (χ3v) is 2.42. The summed E-state index contributed by atoms with van der Waals surface area (Å²) in [5.74, 6) is 0.703. The molecule has 1 amide bonds. The number of aldehydes is 1. The van der Waals surface area contributed by atoms with Crippen molar-refractivity contribution in [3.63, 3.8) is 0 Å². The Morgan fingerprint density at radius 1 is 1.44 bits per heavy atom. The molecule has 0 aliphatic heterocycles. The minimum atomic E-state index is -0.177. The van der Waals surface area contributed by atoms with Crippen LogP contribution in [0.15, 0.2) is 18.2 Å². The third kappa shape index (κ3) is 4.20. The van der Waals surface area contributed by atoms with Crippen LogP contribution in [0.5, 0.6) is 5.75 Å². The second-order valence-electron chi connectivity index (χ2n) is 4.60. The molecule has 98 valence electrons. The van der Waals surface area contributed by atoms with Gasteiger partial charge in [0.25, 0.3) is 5.91 Å². The SMILES string of the molecule is Cc1cccc(C=O)c1OCC(=O)NCC(C)C. The van der Waals surface area contributed by atoms with Crippen LogP contribution in [0, 0.1) is 12.8 Å². The van der Waals surface area contributed by atoms with Gasteiger partial charge in [0.05, 0.1) is 5.56 Å². The average Bonchev–Trinajstić information content (AvgIpc) is 2.34. The van der Waals surface area contributed by atoms with Gasteiger partial charge < -0.3 is 10.1 Å². The fourth-order valence-corrected chi connectivity index (χ4v) is 1.47. The molecular formula is C14H19NO3. The molecule has 0 saturated carbocycles. The Morgan fingerprint density at radius 2 is 2.17 bits per heavy atom. The predicted molar refractivity (Wildman–Crippen MR) is 69.9 cm³/mol. The number of nitrogens with one attached hydrogen (secondary N) is 1. The molecule has 4 heteroatoms. The van der Waals surface area contributed by atoms with Gasteiger partial charge in [0, 0.05) is 6.54 Å². The topological polar surface area (TPSA) is 55.4 Å². The van der Waals surface area contributed by atoms with Gasteiger partial charge >= 0.3 is 0 Å². The minimum absolute atomic E-state index is 0.0710. The highest BCUT2D eigenvalue weighted by molar-refractivity contribution is 5.81. The van der Waals surface area contributed by atoms with Gasteiger partial charge in [-0.3, -0.25) is 9.59 Å². The number of ether oxygens (including phenoxy) is 1. The summed E-state index contributed by atoms with van der Waals surface area (Å²) < 4.78 is 5.41. The fraction of sp³-hybridized carbons (Fsp3) is 0.429. The van der Waals surface area contributed by atoms with Crippen molar-refractivity contribution in [2.75, 3.05) is 13.2 Å². The molecule has 0 radical (unpaired) electrons. The van der Waals surface area contributed by atoms with Gasteiger partial charge in [-0.05, 0) is 24.5 Å². The molecule has 1 aromatic carbocycles. The van der Waals surface area contributed by atoms with E-state index in [4.69, 9.17) is 4.74 Å². The van der Waals surface area contributed by atoms with Gasteiger partial charge in [-0.25, -0.2) is 0 Å². The Balaban J connectivity index is 2.58. The number of carbonyl (C=O) groups excluding carboxylic acids is 2. The quantitative estimate of drug-likeness (QED) is 0.784. The average molecular weight is 249 g/mol. The van der Waals surface area contributed by atoms with E-state index >= 15 is 0 Å². The lowest BCUT2D eigenvalue weighted by atomic mass is 10.1. The Hall–Kier alpha value is -1.84. The maximum Gasteiger partial charge on any atom is 0.257 e. The van der Waals surface area contributed by atoms with E-state index in [0.29, 0.717) is 23.8 Å². The Bertz CT molecular complexity index is 427. The molecule has 1 N–H and O–H groups in total. The van der Waals surface area contributed by atoms with Gasteiger partial charge in [0.1, 0.15) is 5.75 Å². The molecule has 18 heavy (non-hydrogen) atoms. The van der Waals surface area contributed by atoms with Crippen molar-refractivity contribution < 1.29 is 14.3 Å². The van der Waals surface area contributed by atoms with Crippen LogP contribution in [0.25, 0.3) is 0 Å². The second kappa shape index (κ2) is 6.79. The standard InChI is InChI=1S/C14H19NO3/c1-10(2)7-15-13(17)9-18-14-11(3)5-4-6-12(14)8-16/h4-6,8,10H,7,9H2,1-3H3,(H,15,17). The van der Waals surface area contributed by atoms with E-state index in [1.807, 2.05) is 26.8 Å². The maximum atomic E-state index is 11.5. The first-order valence-corrected chi connectivity index (χ1v) is 5.99. The number of hydrogen-bond acceptors (Lipinski definition) is 3. The largest absolute Gasteiger partial charge is 0.483 e. The van der Waals surface area contributed by atoms with Gasteiger partial charge in [-0.1, -0.05) is 26.0 Å². The minimum Gasteiger partial charge on any atom is -0.483 e. The maximum absolute atomic E-state index is 11.5. The molecule has 0 aliphatic rings. The second-order valence-corrected chi connectivity index (χ2v) is 4.60.